The van der Waals surface area contributed by atoms with Crippen LogP contribution in [-0.4, -0.2) is 33.0 Å². The van der Waals surface area contributed by atoms with Crippen LogP contribution in [0, 0.1) is 5.82 Å². The van der Waals surface area contributed by atoms with Crippen LogP contribution in [-0.2, 0) is 17.7 Å². The molecule has 0 aliphatic carbocycles. The molecule has 7 nitrogen and oxygen atoms in total. The highest BCUT2D eigenvalue weighted by Crippen LogP contribution is 2.29. The zero-order valence-electron chi connectivity index (χ0n) is 15.2. The van der Waals surface area contributed by atoms with E-state index in [9.17, 15) is 9.18 Å². The first-order valence-electron chi connectivity index (χ1n) is 8.41. The summed E-state index contributed by atoms with van der Waals surface area (Å²) in [5.41, 5.74) is 1.20. The summed E-state index contributed by atoms with van der Waals surface area (Å²) in [6.45, 7) is 2.38. The van der Waals surface area contributed by atoms with Crippen LogP contribution >= 0.6 is 23.6 Å². The number of anilines is 2. The van der Waals surface area contributed by atoms with Gasteiger partial charge in [0.1, 0.15) is 17.1 Å². The third-order valence-electron chi connectivity index (χ3n) is 3.76. The first-order valence-corrected chi connectivity index (χ1v) is 9.64. The molecule has 0 saturated carbocycles. The number of rotatable bonds is 6. The molecule has 0 radical (unpaired) electrons. The Morgan fingerprint density at radius 2 is 2.18 bits per heavy atom. The number of nitrogens with one attached hydrogen (secondary N) is 2. The van der Waals surface area contributed by atoms with Gasteiger partial charge in [-0.05, 0) is 42.4 Å². The molecular formula is C18H18FN5O2S2. The molecule has 1 aromatic carbocycles. The Hall–Kier alpha value is -2.85. The van der Waals surface area contributed by atoms with Crippen LogP contribution in [0.1, 0.15) is 27.7 Å². The lowest BCUT2D eigenvalue weighted by Crippen LogP contribution is -2.20. The fourth-order valence-corrected chi connectivity index (χ4v) is 3.70. The van der Waals surface area contributed by atoms with E-state index in [-0.39, 0.29) is 10.9 Å². The number of carbonyl (C=O) groups excluding carboxylic acids is 1. The number of aromatic nitrogens is 3. The Kier molecular flexibility index (Phi) is 6.32. The van der Waals surface area contributed by atoms with E-state index in [0.29, 0.717) is 23.1 Å². The molecule has 0 bridgehead atoms. The maximum absolute atomic E-state index is 13.3. The van der Waals surface area contributed by atoms with Crippen molar-refractivity contribution in [2.45, 2.75) is 19.9 Å². The summed E-state index contributed by atoms with van der Waals surface area (Å²) in [6.07, 6.45) is 2.32. The number of thiocarbonyl (C=S) groups is 1. The van der Waals surface area contributed by atoms with E-state index in [4.69, 9.17) is 17.0 Å². The van der Waals surface area contributed by atoms with E-state index >= 15 is 0 Å². The normalized spacial score (nSPS) is 10.5. The summed E-state index contributed by atoms with van der Waals surface area (Å²) < 4.78 is 19.7. The third-order valence-corrected chi connectivity index (χ3v) is 5.16. The molecule has 0 aliphatic heterocycles. The molecular weight excluding hydrogens is 401 g/mol. The van der Waals surface area contributed by atoms with Gasteiger partial charge < -0.3 is 10.1 Å². The first-order chi connectivity index (χ1) is 13.5. The SMILES string of the molecule is CCc1cc(C(=O)OC)c(NC(=S)Nc2ncn(Cc3cccc(F)c3)n2)s1. The van der Waals surface area contributed by atoms with Crippen LogP contribution in [0.2, 0.25) is 0 Å². The van der Waals surface area contributed by atoms with Gasteiger partial charge in [0.25, 0.3) is 0 Å². The van der Waals surface area contributed by atoms with Crippen molar-refractivity contribution in [2.75, 3.05) is 17.7 Å². The summed E-state index contributed by atoms with van der Waals surface area (Å²) >= 11 is 6.72. The number of hydrogen-bond donors (Lipinski definition) is 2. The Labute approximate surface area is 170 Å². The van der Waals surface area contributed by atoms with Crippen molar-refractivity contribution in [3.8, 4) is 0 Å². The number of carbonyl (C=O) groups is 1. The van der Waals surface area contributed by atoms with Crippen LogP contribution in [0.4, 0.5) is 15.3 Å². The minimum absolute atomic E-state index is 0.248. The third kappa shape index (κ3) is 4.90. The van der Waals surface area contributed by atoms with E-state index < -0.39 is 5.97 Å². The molecule has 0 amide bonds. The van der Waals surface area contributed by atoms with Crippen molar-refractivity contribution in [2.24, 2.45) is 0 Å². The Balaban J connectivity index is 1.65. The summed E-state index contributed by atoms with van der Waals surface area (Å²) in [7, 11) is 1.33. The molecule has 3 aromatic rings. The lowest BCUT2D eigenvalue weighted by molar-refractivity contribution is 0.0602. The standard InChI is InChI=1S/C18H18FN5O2S2/c1-3-13-8-14(16(25)26-2)15(28-13)21-18(27)22-17-20-10-24(23-17)9-11-5-4-6-12(19)7-11/h4-8,10H,3,9H2,1-2H3,(H2,21,22,23,27). The van der Waals surface area contributed by atoms with Crippen molar-refractivity contribution in [1.29, 1.82) is 0 Å². The predicted molar refractivity (Wildman–Crippen MR) is 110 cm³/mol. The van der Waals surface area contributed by atoms with Gasteiger partial charge in [-0.1, -0.05) is 19.1 Å². The Morgan fingerprint density at radius 1 is 1.36 bits per heavy atom. The van der Waals surface area contributed by atoms with E-state index in [1.165, 1.54) is 36.9 Å². The fraction of sp³-hybridized carbons (Fsp3) is 0.222. The van der Waals surface area contributed by atoms with Crippen molar-refractivity contribution in [3.63, 3.8) is 0 Å². The predicted octanol–water partition coefficient (Wildman–Crippen LogP) is 3.68. The van der Waals surface area contributed by atoms with Gasteiger partial charge in [-0.15, -0.1) is 16.4 Å². The lowest BCUT2D eigenvalue weighted by atomic mass is 10.2. The second kappa shape index (κ2) is 8.89. The maximum atomic E-state index is 13.3. The largest absolute Gasteiger partial charge is 0.465 e. The number of aryl methyl sites for hydroxylation is 1. The van der Waals surface area contributed by atoms with Crippen molar-refractivity contribution < 1.29 is 13.9 Å². The zero-order chi connectivity index (χ0) is 20.1. The van der Waals surface area contributed by atoms with Crippen LogP contribution < -0.4 is 10.6 Å². The Bertz CT molecular complexity index is 1000. The van der Waals surface area contributed by atoms with Crippen LogP contribution in [0.25, 0.3) is 0 Å². The number of halogens is 1. The van der Waals surface area contributed by atoms with Gasteiger partial charge in [-0.25, -0.2) is 18.9 Å². The van der Waals surface area contributed by atoms with E-state index in [0.717, 1.165) is 16.9 Å². The minimum Gasteiger partial charge on any atom is -0.465 e. The monoisotopic (exact) mass is 419 g/mol. The first kappa shape index (κ1) is 19.9. The van der Waals surface area contributed by atoms with Gasteiger partial charge in [0.2, 0.25) is 5.95 Å². The highest BCUT2D eigenvalue weighted by Gasteiger charge is 2.17. The van der Waals surface area contributed by atoms with Crippen molar-refractivity contribution >= 4 is 45.6 Å². The smallest absolute Gasteiger partial charge is 0.340 e. The molecule has 0 saturated heterocycles. The highest BCUT2D eigenvalue weighted by atomic mass is 32.1. The number of nitrogens with zero attached hydrogens (tertiary/aromatic N) is 3. The summed E-state index contributed by atoms with van der Waals surface area (Å²) in [5, 5.41) is 11.0. The van der Waals surface area contributed by atoms with Crippen LogP contribution in [0.3, 0.4) is 0 Å². The molecule has 3 rings (SSSR count). The minimum atomic E-state index is -0.432. The zero-order valence-corrected chi connectivity index (χ0v) is 16.9. The summed E-state index contributed by atoms with van der Waals surface area (Å²) in [4.78, 5) is 17.1. The van der Waals surface area contributed by atoms with Crippen LogP contribution in [0.15, 0.2) is 36.7 Å². The average Bonchev–Trinajstić information content (AvgIpc) is 3.27. The van der Waals surface area contributed by atoms with Gasteiger partial charge in [0.15, 0.2) is 5.11 Å². The van der Waals surface area contributed by atoms with E-state index in [1.54, 1.807) is 22.9 Å². The molecule has 146 valence electrons. The average molecular weight is 420 g/mol. The number of ether oxygens (including phenoxy) is 1. The van der Waals surface area contributed by atoms with Crippen molar-refractivity contribution in [1.82, 2.24) is 14.8 Å². The molecule has 0 unspecified atom stereocenters. The van der Waals surface area contributed by atoms with Gasteiger partial charge in [-0.3, -0.25) is 5.32 Å². The molecule has 2 aromatic heterocycles. The molecule has 28 heavy (non-hydrogen) atoms. The van der Waals surface area contributed by atoms with E-state index in [1.807, 2.05) is 6.92 Å². The molecule has 2 heterocycles. The number of methoxy groups -OCH3 is 1. The molecule has 2 N–H and O–H groups in total. The summed E-state index contributed by atoms with van der Waals surface area (Å²) in [5.74, 6) is -0.440. The summed E-state index contributed by atoms with van der Waals surface area (Å²) in [6, 6.07) is 8.06. The molecule has 0 atom stereocenters. The van der Waals surface area contributed by atoms with Crippen molar-refractivity contribution in [3.05, 3.63) is 58.5 Å². The number of esters is 1. The Morgan fingerprint density at radius 3 is 2.89 bits per heavy atom. The number of hydrogen-bond acceptors (Lipinski definition) is 6. The second-order valence-electron chi connectivity index (χ2n) is 5.78. The lowest BCUT2D eigenvalue weighted by Gasteiger charge is -2.07. The molecule has 0 aliphatic rings. The quantitative estimate of drug-likeness (QED) is 0.466. The maximum Gasteiger partial charge on any atom is 0.340 e. The van der Waals surface area contributed by atoms with E-state index in [2.05, 4.69) is 20.7 Å². The van der Waals surface area contributed by atoms with Gasteiger partial charge in [0, 0.05) is 4.88 Å². The molecule has 0 spiro atoms. The van der Waals surface area contributed by atoms with Crippen LogP contribution in [0.5, 0.6) is 0 Å². The fourth-order valence-electron chi connectivity index (χ4n) is 2.46. The van der Waals surface area contributed by atoms with Gasteiger partial charge in [-0.2, -0.15) is 0 Å². The van der Waals surface area contributed by atoms with Gasteiger partial charge in [0.05, 0.1) is 19.2 Å². The molecule has 10 heteroatoms. The highest BCUT2D eigenvalue weighted by molar-refractivity contribution is 7.80. The second-order valence-corrected chi connectivity index (χ2v) is 7.32. The molecule has 0 fully saturated rings. The number of benzene rings is 1. The number of thiophene rings is 1. The topological polar surface area (TPSA) is 81.1 Å². The van der Waals surface area contributed by atoms with Gasteiger partial charge >= 0.3 is 5.97 Å².